The molecule has 1 saturated heterocycles. The summed E-state index contributed by atoms with van der Waals surface area (Å²) in [6.45, 7) is 8.42. The summed E-state index contributed by atoms with van der Waals surface area (Å²) >= 11 is 0. The molecule has 1 aromatic carbocycles. The van der Waals surface area contributed by atoms with Gasteiger partial charge in [0.2, 0.25) is 0 Å². The first kappa shape index (κ1) is 16.1. The van der Waals surface area contributed by atoms with Gasteiger partial charge in [-0.3, -0.25) is 0 Å². The van der Waals surface area contributed by atoms with Crippen LogP contribution in [0.1, 0.15) is 77.7 Å². The molecule has 1 heterocycles. The molecule has 1 aliphatic heterocycles. The van der Waals surface area contributed by atoms with Crippen LogP contribution in [0, 0.1) is 0 Å². The molecular weight excluding hydrogens is 271 g/mol. The van der Waals surface area contributed by atoms with Gasteiger partial charge in [-0.2, -0.15) is 0 Å². The number of benzene rings is 1. The molecule has 120 valence electrons. The average molecular weight is 300 g/mol. The maximum Gasteiger partial charge on any atom is 0.494 e. The predicted octanol–water partition coefficient (Wildman–Crippen LogP) is 4.42. The fraction of sp³-hybridized carbons (Fsp3) is 0.684. The molecule has 2 nitrogen and oxygen atoms in total. The fourth-order valence-corrected chi connectivity index (χ4v) is 3.52. The van der Waals surface area contributed by atoms with Crippen molar-refractivity contribution in [2.75, 3.05) is 0 Å². The average Bonchev–Trinajstić information content (AvgIpc) is 2.67. The van der Waals surface area contributed by atoms with Crippen molar-refractivity contribution in [3.8, 4) is 0 Å². The summed E-state index contributed by atoms with van der Waals surface area (Å²) in [6, 6.07) is 8.97. The summed E-state index contributed by atoms with van der Waals surface area (Å²) in [4.78, 5) is 0. The summed E-state index contributed by atoms with van der Waals surface area (Å²) in [6.07, 6.45) is 8.25. The van der Waals surface area contributed by atoms with E-state index in [0.717, 1.165) is 11.4 Å². The van der Waals surface area contributed by atoms with Gasteiger partial charge in [0.05, 0.1) is 11.2 Å². The maximum atomic E-state index is 6.13. The van der Waals surface area contributed by atoms with Crippen molar-refractivity contribution in [2.24, 2.45) is 0 Å². The lowest BCUT2D eigenvalue weighted by Crippen LogP contribution is -2.41. The lowest BCUT2D eigenvalue weighted by molar-refractivity contribution is 0.00578. The zero-order chi connectivity index (χ0) is 15.8. The van der Waals surface area contributed by atoms with Crippen LogP contribution in [-0.4, -0.2) is 18.3 Å². The van der Waals surface area contributed by atoms with Crippen molar-refractivity contribution in [2.45, 2.75) is 83.3 Å². The second-order valence-electron chi connectivity index (χ2n) is 7.94. The van der Waals surface area contributed by atoms with E-state index in [1.54, 1.807) is 0 Å². The topological polar surface area (TPSA) is 18.5 Å². The van der Waals surface area contributed by atoms with Crippen LogP contribution in [0.2, 0.25) is 0 Å². The second-order valence-corrected chi connectivity index (χ2v) is 7.94. The van der Waals surface area contributed by atoms with Crippen LogP contribution in [0.15, 0.2) is 24.3 Å². The van der Waals surface area contributed by atoms with Crippen molar-refractivity contribution in [3.05, 3.63) is 29.8 Å². The summed E-state index contributed by atoms with van der Waals surface area (Å²) < 4.78 is 12.3. The number of rotatable bonds is 2. The van der Waals surface area contributed by atoms with Crippen LogP contribution in [0.4, 0.5) is 0 Å². The van der Waals surface area contributed by atoms with Gasteiger partial charge in [-0.15, -0.1) is 0 Å². The van der Waals surface area contributed by atoms with E-state index < -0.39 is 0 Å². The molecule has 3 heteroatoms. The van der Waals surface area contributed by atoms with Gasteiger partial charge in [0, 0.05) is 0 Å². The van der Waals surface area contributed by atoms with Crippen molar-refractivity contribution >= 4 is 12.6 Å². The van der Waals surface area contributed by atoms with Crippen LogP contribution in [0.25, 0.3) is 0 Å². The molecule has 0 N–H and O–H groups in total. The van der Waals surface area contributed by atoms with Crippen molar-refractivity contribution in [1.29, 1.82) is 0 Å². The van der Waals surface area contributed by atoms with Crippen LogP contribution < -0.4 is 5.46 Å². The lowest BCUT2D eigenvalue weighted by Gasteiger charge is -2.32. The van der Waals surface area contributed by atoms with Gasteiger partial charge in [-0.25, -0.2) is 0 Å². The molecule has 0 radical (unpaired) electrons. The molecule has 3 rings (SSSR count). The number of hydrogen-bond acceptors (Lipinski definition) is 2. The van der Waals surface area contributed by atoms with Crippen molar-refractivity contribution in [3.63, 3.8) is 0 Å². The highest BCUT2D eigenvalue weighted by Crippen LogP contribution is 2.37. The predicted molar refractivity (Wildman–Crippen MR) is 92.6 cm³/mol. The highest BCUT2D eigenvalue weighted by atomic mass is 16.7. The van der Waals surface area contributed by atoms with Crippen molar-refractivity contribution < 1.29 is 9.31 Å². The Morgan fingerprint density at radius 3 is 1.82 bits per heavy atom. The van der Waals surface area contributed by atoms with Crippen LogP contribution in [-0.2, 0) is 9.31 Å². The molecule has 0 amide bonds. The third-order valence-electron chi connectivity index (χ3n) is 5.79. The highest BCUT2D eigenvalue weighted by Gasteiger charge is 2.51. The summed E-state index contributed by atoms with van der Waals surface area (Å²) in [5.41, 5.74) is 2.09. The third kappa shape index (κ3) is 3.11. The Morgan fingerprint density at radius 1 is 0.818 bits per heavy atom. The maximum absolute atomic E-state index is 6.13. The molecular formula is C19H29BO2. The zero-order valence-corrected chi connectivity index (χ0v) is 14.5. The van der Waals surface area contributed by atoms with E-state index in [0.29, 0.717) is 0 Å². The van der Waals surface area contributed by atoms with E-state index in [9.17, 15) is 0 Å². The zero-order valence-electron chi connectivity index (χ0n) is 14.5. The first-order valence-corrected chi connectivity index (χ1v) is 8.84. The van der Waals surface area contributed by atoms with Crippen molar-refractivity contribution in [1.82, 2.24) is 0 Å². The summed E-state index contributed by atoms with van der Waals surface area (Å²) in [7, 11) is -0.242. The Bertz CT molecular complexity index is 483. The van der Waals surface area contributed by atoms with Gasteiger partial charge < -0.3 is 9.31 Å². The summed E-state index contributed by atoms with van der Waals surface area (Å²) in [5.74, 6) is 0.745. The molecule has 1 aromatic rings. The first-order valence-electron chi connectivity index (χ1n) is 8.84. The van der Waals surface area contributed by atoms with E-state index in [1.165, 1.54) is 44.1 Å². The van der Waals surface area contributed by atoms with Gasteiger partial charge in [0.25, 0.3) is 0 Å². The van der Waals surface area contributed by atoms with Gasteiger partial charge in [-0.1, -0.05) is 49.9 Å². The van der Waals surface area contributed by atoms with E-state index >= 15 is 0 Å². The van der Waals surface area contributed by atoms with Gasteiger partial charge in [0.15, 0.2) is 0 Å². The van der Waals surface area contributed by atoms with Crippen LogP contribution in [0.3, 0.4) is 0 Å². The molecule has 0 unspecified atom stereocenters. The summed E-state index contributed by atoms with van der Waals surface area (Å²) in [5, 5.41) is 0. The first-order chi connectivity index (χ1) is 10.4. The second kappa shape index (κ2) is 6.01. The Balaban J connectivity index is 1.72. The standard InChI is InChI=1S/C19H29BO2/c1-18(2)19(3,4)22-20(21-18)17-13-11-16(12-14-17)15-9-7-5-6-8-10-15/h11-15H,5-10H2,1-4H3. The van der Waals surface area contributed by atoms with E-state index in [2.05, 4.69) is 52.0 Å². The SMILES string of the molecule is CC1(C)OB(c2ccc(C3CCCCCC3)cc2)OC1(C)C. The van der Waals surface area contributed by atoms with Gasteiger partial charge in [0.1, 0.15) is 0 Å². The van der Waals surface area contributed by atoms with E-state index in [4.69, 9.17) is 9.31 Å². The Labute approximate surface area is 135 Å². The van der Waals surface area contributed by atoms with Crippen LogP contribution in [0.5, 0.6) is 0 Å². The Hall–Kier alpha value is -0.795. The van der Waals surface area contributed by atoms with E-state index in [-0.39, 0.29) is 18.3 Å². The molecule has 2 aliphatic rings. The largest absolute Gasteiger partial charge is 0.494 e. The molecule has 0 atom stereocenters. The van der Waals surface area contributed by atoms with Gasteiger partial charge >= 0.3 is 7.12 Å². The smallest absolute Gasteiger partial charge is 0.399 e. The quantitative estimate of drug-likeness (QED) is 0.594. The molecule has 0 spiro atoms. The minimum absolute atomic E-state index is 0.242. The Kier molecular flexibility index (Phi) is 4.39. The highest BCUT2D eigenvalue weighted by molar-refractivity contribution is 6.62. The van der Waals surface area contributed by atoms with Crippen LogP contribution >= 0.6 is 0 Å². The van der Waals surface area contributed by atoms with E-state index in [1.807, 2.05) is 0 Å². The third-order valence-corrected chi connectivity index (χ3v) is 5.79. The number of hydrogen-bond donors (Lipinski definition) is 0. The molecule has 0 aromatic heterocycles. The Morgan fingerprint density at radius 2 is 1.32 bits per heavy atom. The minimum Gasteiger partial charge on any atom is -0.399 e. The molecule has 0 bridgehead atoms. The minimum atomic E-state index is -0.266. The molecule has 22 heavy (non-hydrogen) atoms. The normalized spacial score (nSPS) is 25.2. The molecule has 1 saturated carbocycles. The fourth-order valence-electron chi connectivity index (χ4n) is 3.52. The molecule has 2 fully saturated rings. The monoisotopic (exact) mass is 300 g/mol. The molecule has 1 aliphatic carbocycles. The van der Waals surface area contributed by atoms with Gasteiger partial charge in [-0.05, 0) is 57.5 Å². The lowest BCUT2D eigenvalue weighted by atomic mass is 9.78.